The van der Waals surface area contributed by atoms with Crippen molar-refractivity contribution in [3.05, 3.63) is 0 Å². The van der Waals surface area contributed by atoms with Crippen LogP contribution in [-0.2, 0) is 4.79 Å². The van der Waals surface area contributed by atoms with Crippen LogP contribution in [0.15, 0.2) is 0 Å². The molecule has 1 fully saturated rings. The van der Waals surface area contributed by atoms with E-state index in [4.69, 9.17) is 0 Å². The van der Waals surface area contributed by atoms with Crippen LogP contribution in [0.4, 0.5) is 0 Å². The molecular weight excluding hydrogens is 186 g/mol. The summed E-state index contributed by atoms with van der Waals surface area (Å²) >= 11 is 0. The molecule has 0 N–H and O–H groups in total. The van der Waals surface area contributed by atoms with Gasteiger partial charge in [-0.05, 0) is 31.6 Å². The van der Waals surface area contributed by atoms with Crippen molar-refractivity contribution in [2.24, 2.45) is 5.92 Å². The van der Waals surface area contributed by atoms with Crippen LogP contribution in [-0.4, -0.2) is 23.4 Å². The SMILES string of the molecule is CCC(CC(C)C)N1CCCCCC1=O. The fourth-order valence-corrected chi connectivity index (χ4v) is 2.45. The van der Waals surface area contributed by atoms with Crippen molar-refractivity contribution in [3.8, 4) is 0 Å². The molecule has 0 bridgehead atoms. The van der Waals surface area contributed by atoms with E-state index in [2.05, 4.69) is 25.7 Å². The lowest BCUT2D eigenvalue weighted by Gasteiger charge is -2.31. The molecule has 0 aliphatic carbocycles. The number of nitrogens with zero attached hydrogens (tertiary/aromatic N) is 1. The van der Waals surface area contributed by atoms with Crippen LogP contribution in [0.5, 0.6) is 0 Å². The molecule has 0 aromatic carbocycles. The quantitative estimate of drug-likeness (QED) is 0.699. The van der Waals surface area contributed by atoms with Gasteiger partial charge in [0, 0.05) is 19.0 Å². The lowest BCUT2D eigenvalue weighted by molar-refractivity contribution is -0.133. The minimum Gasteiger partial charge on any atom is -0.340 e. The van der Waals surface area contributed by atoms with E-state index in [9.17, 15) is 4.79 Å². The molecule has 1 heterocycles. The molecule has 0 aromatic heterocycles. The number of hydrogen-bond donors (Lipinski definition) is 0. The summed E-state index contributed by atoms with van der Waals surface area (Å²) in [5, 5.41) is 0. The van der Waals surface area contributed by atoms with Gasteiger partial charge in [-0.15, -0.1) is 0 Å². The van der Waals surface area contributed by atoms with Gasteiger partial charge in [-0.2, -0.15) is 0 Å². The van der Waals surface area contributed by atoms with E-state index in [-0.39, 0.29) is 0 Å². The van der Waals surface area contributed by atoms with Gasteiger partial charge in [-0.25, -0.2) is 0 Å². The highest BCUT2D eigenvalue weighted by molar-refractivity contribution is 5.76. The molecule has 1 unspecified atom stereocenters. The topological polar surface area (TPSA) is 20.3 Å². The highest BCUT2D eigenvalue weighted by Crippen LogP contribution is 2.20. The van der Waals surface area contributed by atoms with E-state index in [1.807, 2.05) is 0 Å². The largest absolute Gasteiger partial charge is 0.340 e. The lowest BCUT2D eigenvalue weighted by Crippen LogP contribution is -2.40. The molecule has 88 valence electrons. The standard InChI is InChI=1S/C13H25NO/c1-4-12(10-11(2)3)14-9-7-5-6-8-13(14)15/h11-12H,4-10H2,1-3H3. The Hall–Kier alpha value is -0.530. The maximum Gasteiger partial charge on any atom is 0.222 e. The van der Waals surface area contributed by atoms with Crippen LogP contribution in [0.2, 0.25) is 0 Å². The molecule has 1 atom stereocenters. The Morgan fingerprint density at radius 3 is 2.60 bits per heavy atom. The number of rotatable bonds is 4. The number of amides is 1. The first-order valence-electron chi connectivity index (χ1n) is 6.44. The summed E-state index contributed by atoms with van der Waals surface area (Å²) in [5.41, 5.74) is 0. The summed E-state index contributed by atoms with van der Waals surface area (Å²) in [5.74, 6) is 1.08. The monoisotopic (exact) mass is 211 g/mol. The third-order valence-corrected chi connectivity index (χ3v) is 3.27. The smallest absolute Gasteiger partial charge is 0.222 e. The van der Waals surface area contributed by atoms with Crippen LogP contribution in [0.25, 0.3) is 0 Å². The Bertz CT molecular complexity index is 201. The van der Waals surface area contributed by atoms with Crippen molar-refractivity contribution in [2.75, 3.05) is 6.54 Å². The zero-order valence-corrected chi connectivity index (χ0v) is 10.5. The van der Waals surface area contributed by atoms with Crippen molar-refractivity contribution >= 4 is 5.91 Å². The van der Waals surface area contributed by atoms with Crippen LogP contribution < -0.4 is 0 Å². The molecule has 2 heteroatoms. The van der Waals surface area contributed by atoms with Crippen LogP contribution in [0.3, 0.4) is 0 Å². The molecule has 1 rings (SSSR count). The van der Waals surface area contributed by atoms with Gasteiger partial charge in [-0.1, -0.05) is 27.2 Å². The molecule has 1 amide bonds. The minimum atomic E-state index is 0.389. The molecule has 0 saturated carbocycles. The molecule has 1 aliphatic rings. The molecule has 2 nitrogen and oxygen atoms in total. The number of carbonyl (C=O) groups is 1. The van der Waals surface area contributed by atoms with E-state index < -0.39 is 0 Å². The Morgan fingerprint density at radius 1 is 1.27 bits per heavy atom. The average Bonchev–Trinajstić information content (AvgIpc) is 2.39. The summed E-state index contributed by atoms with van der Waals surface area (Å²) < 4.78 is 0. The number of likely N-dealkylation sites (tertiary alicyclic amines) is 1. The minimum absolute atomic E-state index is 0.389. The maximum absolute atomic E-state index is 11.9. The van der Waals surface area contributed by atoms with Gasteiger partial charge in [0.1, 0.15) is 0 Å². The van der Waals surface area contributed by atoms with Crippen molar-refractivity contribution in [1.82, 2.24) is 4.90 Å². The van der Waals surface area contributed by atoms with E-state index in [0.29, 0.717) is 17.9 Å². The second kappa shape index (κ2) is 6.14. The first-order chi connectivity index (χ1) is 7.15. The van der Waals surface area contributed by atoms with Crippen molar-refractivity contribution in [2.45, 2.75) is 65.3 Å². The normalized spacial score (nSPS) is 20.5. The second-order valence-electron chi connectivity index (χ2n) is 5.09. The zero-order chi connectivity index (χ0) is 11.3. The predicted octanol–water partition coefficient (Wildman–Crippen LogP) is 3.21. The molecular formula is C13H25NO. The second-order valence-corrected chi connectivity index (χ2v) is 5.09. The molecule has 0 aromatic rings. The first kappa shape index (κ1) is 12.5. The van der Waals surface area contributed by atoms with Crippen LogP contribution in [0.1, 0.15) is 59.3 Å². The van der Waals surface area contributed by atoms with Gasteiger partial charge < -0.3 is 4.90 Å². The average molecular weight is 211 g/mol. The third kappa shape index (κ3) is 3.84. The molecule has 0 spiro atoms. The number of hydrogen-bond acceptors (Lipinski definition) is 1. The zero-order valence-electron chi connectivity index (χ0n) is 10.5. The number of carbonyl (C=O) groups excluding carboxylic acids is 1. The Morgan fingerprint density at radius 2 is 2.00 bits per heavy atom. The summed E-state index contributed by atoms with van der Waals surface area (Å²) in [6, 6.07) is 0.482. The molecule has 0 radical (unpaired) electrons. The van der Waals surface area contributed by atoms with Crippen molar-refractivity contribution in [3.63, 3.8) is 0 Å². The van der Waals surface area contributed by atoms with Crippen molar-refractivity contribution < 1.29 is 4.79 Å². The van der Waals surface area contributed by atoms with E-state index in [0.717, 1.165) is 32.2 Å². The summed E-state index contributed by atoms with van der Waals surface area (Å²) in [6.45, 7) is 7.67. The molecule has 15 heavy (non-hydrogen) atoms. The molecule has 1 aliphatic heterocycles. The summed E-state index contributed by atoms with van der Waals surface area (Å²) in [7, 11) is 0. The fourth-order valence-electron chi connectivity index (χ4n) is 2.45. The van der Waals surface area contributed by atoms with Crippen LogP contribution in [0, 0.1) is 5.92 Å². The Balaban J connectivity index is 2.59. The van der Waals surface area contributed by atoms with Gasteiger partial charge in [0.15, 0.2) is 0 Å². The Labute approximate surface area is 94.0 Å². The maximum atomic E-state index is 11.9. The van der Waals surface area contributed by atoms with E-state index in [1.54, 1.807) is 0 Å². The van der Waals surface area contributed by atoms with Crippen LogP contribution >= 0.6 is 0 Å². The van der Waals surface area contributed by atoms with Gasteiger partial charge in [0.25, 0.3) is 0 Å². The van der Waals surface area contributed by atoms with E-state index in [1.165, 1.54) is 12.8 Å². The summed E-state index contributed by atoms with van der Waals surface area (Å²) in [4.78, 5) is 14.1. The Kier molecular flexibility index (Phi) is 5.13. The highest BCUT2D eigenvalue weighted by atomic mass is 16.2. The van der Waals surface area contributed by atoms with Gasteiger partial charge in [0.2, 0.25) is 5.91 Å². The van der Waals surface area contributed by atoms with Gasteiger partial charge >= 0.3 is 0 Å². The van der Waals surface area contributed by atoms with Crippen molar-refractivity contribution in [1.29, 1.82) is 0 Å². The molecule has 1 saturated heterocycles. The lowest BCUT2D eigenvalue weighted by atomic mass is 10.00. The first-order valence-corrected chi connectivity index (χ1v) is 6.44. The van der Waals surface area contributed by atoms with Gasteiger partial charge in [-0.3, -0.25) is 4.79 Å². The fraction of sp³-hybridized carbons (Fsp3) is 0.923. The van der Waals surface area contributed by atoms with Gasteiger partial charge in [0.05, 0.1) is 0 Å². The predicted molar refractivity (Wildman–Crippen MR) is 63.7 cm³/mol. The highest BCUT2D eigenvalue weighted by Gasteiger charge is 2.23. The van der Waals surface area contributed by atoms with E-state index >= 15 is 0 Å². The summed E-state index contributed by atoms with van der Waals surface area (Å²) in [6.07, 6.45) is 6.54. The third-order valence-electron chi connectivity index (χ3n) is 3.27.